The minimum Gasteiger partial charge on any atom is -0.481 e. The number of hydroxylamine groups is 1. The van der Waals surface area contributed by atoms with Crippen LogP contribution in [0.2, 0.25) is 0 Å². The summed E-state index contributed by atoms with van der Waals surface area (Å²) in [6.07, 6.45) is -0.603. The number of hydrogen-bond acceptors (Lipinski definition) is 3. The van der Waals surface area contributed by atoms with Gasteiger partial charge < -0.3 is 4.74 Å². The summed E-state index contributed by atoms with van der Waals surface area (Å²) < 4.78 is 5.53. The Morgan fingerprint density at radius 1 is 1.33 bits per heavy atom. The molecule has 4 heteroatoms. The highest BCUT2D eigenvalue weighted by atomic mass is 16.7. The lowest BCUT2D eigenvalue weighted by Gasteiger charge is -2.21. The van der Waals surface area contributed by atoms with Crippen LogP contribution in [-0.2, 0) is 9.63 Å². The maximum absolute atomic E-state index is 11.7. The Balaban J connectivity index is 2.50. The Kier molecular flexibility index (Phi) is 4.73. The monoisotopic (exact) mass is 251 g/mol. The minimum absolute atomic E-state index is 0.300. The van der Waals surface area contributed by atoms with Crippen molar-refractivity contribution < 1.29 is 14.4 Å². The van der Waals surface area contributed by atoms with Crippen molar-refractivity contribution in [3.05, 3.63) is 29.8 Å². The van der Waals surface area contributed by atoms with E-state index in [2.05, 4.69) is 5.48 Å². The molecule has 1 atom stereocenters. The van der Waals surface area contributed by atoms with E-state index < -0.39 is 11.7 Å². The van der Waals surface area contributed by atoms with Crippen molar-refractivity contribution >= 4 is 5.91 Å². The molecule has 1 aromatic carbocycles. The average Bonchev–Trinajstić information content (AvgIpc) is 2.24. The zero-order valence-corrected chi connectivity index (χ0v) is 11.6. The maximum atomic E-state index is 11.7. The van der Waals surface area contributed by atoms with E-state index in [0.29, 0.717) is 5.75 Å². The quantitative estimate of drug-likeness (QED) is 0.837. The topological polar surface area (TPSA) is 47.6 Å². The van der Waals surface area contributed by atoms with Gasteiger partial charge in [-0.25, -0.2) is 5.48 Å². The van der Waals surface area contributed by atoms with Crippen molar-refractivity contribution in [2.75, 3.05) is 0 Å². The molecule has 1 aromatic rings. The Morgan fingerprint density at radius 3 is 2.56 bits per heavy atom. The molecule has 0 aliphatic rings. The molecule has 0 aliphatic carbocycles. The fourth-order valence-corrected chi connectivity index (χ4v) is 1.23. The average molecular weight is 251 g/mol. The normalized spacial score (nSPS) is 12.9. The molecule has 1 rings (SSSR count). The van der Waals surface area contributed by atoms with Gasteiger partial charge in [-0.2, -0.15) is 0 Å². The summed E-state index contributed by atoms with van der Waals surface area (Å²) in [6, 6.07) is 7.57. The highest BCUT2D eigenvalue weighted by Gasteiger charge is 2.18. The van der Waals surface area contributed by atoms with Crippen LogP contribution in [0.25, 0.3) is 0 Å². The van der Waals surface area contributed by atoms with Gasteiger partial charge in [0.15, 0.2) is 6.10 Å². The summed E-state index contributed by atoms with van der Waals surface area (Å²) in [5.74, 6) is 0.375. The van der Waals surface area contributed by atoms with E-state index in [4.69, 9.17) is 9.57 Å². The SMILES string of the molecule is Cc1cccc(OC(C)C(=O)NOC(C)(C)C)c1. The van der Waals surface area contributed by atoms with Crippen LogP contribution in [0.1, 0.15) is 33.3 Å². The Morgan fingerprint density at radius 2 is 2.00 bits per heavy atom. The summed E-state index contributed by atoms with van der Waals surface area (Å²) in [6.45, 7) is 9.24. The van der Waals surface area contributed by atoms with Gasteiger partial charge in [0.05, 0.1) is 5.60 Å². The largest absolute Gasteiger partial charge is 0.481 e. The Bertz CT molecular complexity index is 410. The first-order valence-electron chi connectivity index (χ1n) is 5.99. The second-order valence-corrected chi connectivity index (χ2v) is 5.26. The summed E-state index contributed by atoms with van der Waals surface area (Å²) in [7, 11) is 0. The summed E-state index contributed by atoms with van der Waals surface area (Å²) in [4.78, 5) is 16.9. The number of aryl methyl sites for hydroxylation is 1. The van der Waals surface area contributed by atoms with Crippen LogP contribution in [0.3, 0.4) is 0 Å². The van der Waals surface area contributed by atoms with Crippen LogP contribution in [0.15, 0.2) is 24.3 Å². The molecule has 0 heterocycles. The molecule has 0 saturated heterocycles. The molecule has 1 N–H and O–H groups in total. The lowest BCUT2D eigenvalue weighted by molar-refractivity contribution is -0.151. The van der Waals surface area contributed by atoms with Crippen molar-refractivity contribution in [2.45, 2.75) is 46.3 Å². The van der Waals surface area contributed by atoms with Crippen LogP contribution in [0.4, 0.5) is 0 Å². The number of nitrogens with one attached hydrogen (secondary N) is 1. The number of rotatable bonds is 4. The zero-order chi connectivity index (χ0) is 13.8. The molecule has 1 amide bonds. The predicted molar refractivity (Wildman–Crippen MR) is 70.2 cm³/mol. The molecule has 0 aromatic heterocycles. The molecule has 0 fully saturated rings. The number of amides is 1. The lowest BCUT2D eigenvalue weighted by Crippen LogP contribution is -2.40. The van der Waals surface area contributed by atoms with Gasteiger partial charge in [0.2, 0.25) is 0 Å². The van der Waals surface area contributed by atoms with Gasteiger partial charge in [-0.15, -0.1) is 0 Å². The molecular weight excluding hydrogens is 230 g/mol. The van der Waals surface area contributed by atoms with Crippen molar-refractivity contribution in [3.8, 4) is 5.75 Å². The number of ether oxygens (including phenoxy) is 1. The van der Waals surface area contributed by atoms with Crippen LogP contribution in [-0.4, -0.2) is 17.6 Å². The van der Waals surface area contributed by atoms with Crippen LogP contribution in [0, 0.1) is 6.92 Å². The van der Waals surface area contributed by atoms with Crippen LogP contribution >= 0.6 is 0 Å². The van der Waals surface area contributed by atoms with Gasteiger partial charge in [0, 0.05) is 0 Å². The molecule has 4 nitrogen and oxygen atoms in total. The van der Waals surface area contributed by atoms with Crippen molar-refractivity contribution in [1.29, 1.82) is 0 Å². The number of hydrogen-bond donors (Lipinski definition) is 1. The molecule has 0 aliphatic heterocycles. The third-order valence-electron chi connectivity index (χ3n) is 2.13. The number of benzene rings is 1. The van der Waals surface area contributed by atoms with Gasteiger partial charge in [0.25, 0.3) is 5.91 Å². The number of carbonyl (C=O) groups excluding carboxylic acids is 1. The lowest BCUT2D eigenvalue weighted by atomic mass is 10.2. The molecule has 1 unspecified atom stereocenters. The van der Waals surface area contributed by atoms with Crippen molar-refractivity contribution in [2.24, 2.45) is 0 Å². The van der Waals surface area contributed by atoms with E-state index >= 15 is 0 Å². The zero-order valence-electron chi connectivity index (χ0n) is 11.6. The predicted octanol–water partition coefficient (Wildman–Crippen LogP) is 2.61. The second kappa shape index (κ2) is 5.87. The van der Waals surface area contributed by atoms with Gasteiger partial charge in [-0.3, -0.25) is 9.63 Å². The van der Waals surface area contributed by atoms with E-state index in [1.165, 1.54) is 0 Å². The summed E-state index contributed by atoms with van der Waals surface area (Å²) >= 11 is 0. The van der Waals surface area contributed by atoms with Crippen LogP contribution < -0.4 is 10.2 Å². The second-order valence-electron chi connectivity index (χ2n) is 5.26. The summed E-state index contributed by atoms with van der Waals surface area (Å²) in [5.41, 5.74) is 3.06. The van der Waals surface area contributed by atoms with Gasteiger partial charge in [0.1, 0.15) is 5.75 Å². The van der Waals surface area contributed by atoms with Gasteiger partial charge >= 0.3 is 0 Å². The number of carbonyl (C=O) groups is 1. The van der Waals surface area contributed by atoms with Crippen molar-refractivity contribution in [3.63, 3.8) is 0 Å². The molecular formula is C14H21NO3. The smallest absolute Gasteiger partial charge is 0.284 e. The van der Waals surface area contributed by atoms with E-state index in [1.54, 1.807) is 6.92 Å². The third kappa shape index (κ3) is 5.19. The van der Waals surface area contributed by atoms with E-state index in [0.717, 1.165) is 5.56 Å². The van der Waals surface area contributed by atoms with E-state index in [-0.39, 0.29) is 5.91 Å². The Labute approximate surface area is 108 Å². The van der Waals surface area contributed by atoms with Crippen LogP contribution in [0.5, 0.6) is 5.75 Å². The Hall–Kier alpha value is -1.55. The third-order valence-corrected chi connectivity index (χ3v) is 2.13. The standard InChI is InChI=1S/C14H21NO3/c1-10-7-6-8-12(9-10)17-11(2)13(16)15-18-14(3,4)5/h6-9,11H,1-5H3,(H,15,16). The molecule has 0 bridgehead atoms. The maximum Gasteiger partial charge on any atom is 0.284 e. The molecule has 0 radical (unpaired) electrons. The molecule has 0 spiro atoms. The molecule has 0 saturated carbocycles. The van der Waals surface area contributed by atoms with E-state index in [1.807, 2.05) is 52.0 Å². The fourth-order valence-electron chi connectivity index (χ4n) is 1.23. The first kappa shape index (κ1) is 14.5. The first-order chi connectivity index (χ1) is 8.28. The van der Waals surface area contributed by atoms with Gasteiger partial charge in [-0.1, -0.05) is 12.1 Å². The van der Waals surface area contributed by atoms with E-state index in [9.17, 15) is 4.79 Å². The first-order valence-corrected chi connectivity index (χ1v) is 5.99. The highest BCUT2D eigenvalue weighted by molar-refractivity contribution is 5.79. The fraction of sp³-hybridized carbons (Fsp3) is 0.500. The minimum atomic E-state index is -0.603. The molecule has 100 valence electrons. The highest BCUT2D eigenvalue weighted by Crippen LogP contribution is 2.14. The molecule has 18 heavy (non-hydrogen) atoms. The summed E-state index contributed by atoms with van der Waals surface area (Å²) in [5, 5.41) is 0. The van der Waals surface area contributed by atoms with Gasteiger partial charge in [-0.05, 0) is 52.3 Å². The van der Waals surface area contributed by atoms with Crippen molar-refractivity contribution in [1.82, 2.24) is 5.48 Å².